The van der Waals surface area contributed by atoms with Gasteiger partial charge in [-0.2, -0.15) is 13.2 Å². The molecule has 0 fully saturated rings. The normalized spacial score (nSPS) is 12.2. The number of aliphatic carboxylic acids is 1. The van der Waals surface area contributed by atoms with Crippen LogP contribution in [0, 0.1) is 12.7 Å². The molecule has 3 rings (SSSR count). The number of carboxylic acids is 1. The highest BCUT2D eigenvalue weighted by molar-refractivity contribution is 5.70. The smallest absolute Gasteiger partial charge is 0.416 e. The summed E-state index contributed by atoms with van der Waals surface area (Å²) in [6.45, 7) is 3.76. The van der Waals surface area contributed by atoms with E-state index in [0.717, 1.165) is 29.8 Å². The number of carboxylic acid groups (broad SMARTS) is 1. The first kappa shape index (κ1) is 25.9. The van der Waals surface area contributed by atoms with Crippen molar-refractivity contribution in [1.82, 2.24) is 0 Å². The van der Waals surface area contributed by atoms with Crippen molar-refractivity contribution in [2.45, 2.75) is 39.0 Å². The molecule has 0 aliphatic heterocycles. The van der Waals surface area contributed by atoms with Crippen molar-refractivity contribution in [1.29, 1.82) is 0 Å². The molecule has 3 aromatic rings. The Hall–Kier alpha value is -3.75. The highest BCUT2D eigenvalue weighted by atomic mass is 19.4. The molecule has 0 aliphatic rings. The summed E-state index contributed by atoms with van der Waals surface area (Å²) in [5.74, 6) is -1.52. The number of carbonyl (C=O) groups is 1. The lowest BCUT2D eigenvalue weighted by Gasteiger charge is -2.19. The van der Waals surface area contributed by atoms with Crippen LogP contribution in [0.2, 0.25) is 0 Å². The van der Waals surface area contributed by atoms with Gasteiger partial charge in [0.2, 0.25) is 0 Å². The zero-order valence-electron chi connectivity index (χ0n) is 19.1. The third-order valence-electron chi connectivity index (χ3n) is 5.03. The van der Waals surface area contributed by atoms with E-state index in [-0.39, 0.29) is 30.3 Å². The van der Waals surface area contributed by atoms with E-state index in [4.69, 9.17) is 19.3 Å². The van der Waals surface area contributed by atoms with Gasteiger partial charge in [0.1, 0.15) is 5.75 Å². The number of benzene rings is 3. The Balaban J connectivity index is 1.67. The van der Waals surface area contributed by atoms with Crippen molar-refractivity contribution in [2.75, 3.05) is 6.61 Å². The second kappa shape index (κ2) is 11.1. The maximum Gasteiger partial charge on any atom is 0.416 e. The Bertz CT molecular complexity index is 1180. The number of aryl methyl sites for hydroxylation is 1. The molecular weight excluding hydrogens is 468 g/mol. The minimum Gasteiger partial charge on any atom is -0.493 e. The fourth-order valence-corrected chi connectivity index (χ4v) is 3.28. The van der Waals surface area contributed by atoms with Crippen LogP contribution in [0.3, 0.4) is 0 Å². The monoisotopic (exact) mass is 492 g/mol. The molecule has 9 heteroatoms. The van der Waals surface area contributed by atoms with E-state index >= 15 is 0 Å². The van der Waals surface area contributed by atoms with Gasteiger partial charge in [0.15, 0.2) is 23.1 Å². The fraction of sp³-hybridized carbons (Fsp3) is 0.269. The van der Waals surface area contributed by atoms with Gasteiger partial charge in [0.25, 0.3) is 0 Å². The Morgan fingerprint density at radius 2 is 1.69 bits per heavy atom. The topological polar surface area (TPSA) is 65.0 Å². The number of halogens is 4. The molecule has 0 amide bonds. The van der Waals surface area contributed by atoms with Gasteiger partial charge in [0, 0.05) is 6.42 Å². The highest BCUT2D eigenvalue weighted by Gasteiger charge is 2.32. The molecule has 3 aromatic carbocycles. The zero-order chi connectivity index (χ0) is 25.6. The van der Waals surface area contributed by atoms with Crippen molar-refractivity contribution in [3.05, 3.63) is 83.2 Å². The molecule has 0 aromatic heterocycles. The molecule has 0 unspecified atom stereocenters. The van der Waals surface area contributed by atoms with Gasteiger partial charge in [-0.15, -0.1) is 0 Å². The number of para-hydroxylation sites is 1. The quantitative estimate of drug-likeness (QED) is 0.315. The molecule has 1 N–H and O–H groups in total. The minimum absolute atomic E-state index is 0.0305. The third kappa shape index (κ3) is 7.37. The van der Waals surface area contributed by atoms with Gasteiger partial charge < -0.3 is 19.3 Å². The Kier molecular flexibility index (Phi) is 8.22. The van der Waals surface area contributed by atoms with Crippen LogP contribution in [0.4, 0.5) is 17.6 Å². The van der Waals surface area contributed by atoms with E-state index in [0.29, 0.717) is 17.7 Å². The second-order valence-electron chi connectivity index (χ2n) is 7.93. The second-order valence-corrected chi connectivity index (χ2v) is 7.93. The van der Waals surface area contributed by atoms with Gasteiger partial charge in [0.05, 0.1) is 24.7 Å². The molecule has 0 saturated carbocycles. The van der Waals surface area contributed by atoms with Crippen molar-refractivity contribution in [2.24, 2.45) is 0 Å². The van der Waals surface area contributed by atoms with Crippen LogP contribution < -0.4 is 14.2 Å². The summed E-state index contributed by atoms with van der Waals surface area (Å²) in [5, 5.41) is 8.89. The summed E-state index contributed by atoms with van der Waals surface area (Å²) < 4.78 is 70.6. The van der Waals surface area contributed by atoms with E-state index in [2.05, 4.69) is 0 Å². The van der Waals surface area contributed by atoms with Crippen molar-refractivity contribution >= 4 is 5.97 Å². The van der Waals surface area contributed by atoms with Crippen LogP contribution in [0.1, 0.15) is 30.0 Å². The van der Waals surface area contributed by atoms with E-state index in [1.165, 1.54) is 18.2 Å². The molecule has 5 nitrogen and oxygen atoms in total. The number of ether oxygens (including phenoxy) is 3. The Labute approximate surface area is 199 Å². The maximum absolute atomic E-state index is 14.0. The summed E-state index contributed by atoms with van der Waals surface area (Å²) in [6.07, 6.45) is -4.78. The minimum atomic E-state index is -4.61. The molecule has 0 heterocycles. The van der Waals surface area contributed by atoms with Crippen LogP contribution >= 0.6 is 0 Å². The van der Waals surface area contributed by atoms with Gasteiger partial charge >= 0.3 is 12.1 Å². The Morgan fingerprint density at radius 3 is 2.34 bits per heavy atom. The van der Waals surface area contributed by atoms with Crippen molar-refractivity contribution < 1.29 is 41.7 Å². The summed E-state index contributed by atoms with van der Waals surface area (Å²) in [7, 11) is 0. The molecular formula is C26H24F4O5. The molecule has 0 spiro atoms. The number of hydrogen-bond donors (Lipinski definition) is 1. The highest BCUT2D eigenvalue weighted by Crippen LogP contribution is 2.39. The molecule has 186 valence electrons. The number of rotatable bonds is 10. The lowest BCUT2D eigenvalue weighted by molar-refractivity contribution is -0.138. The molecule has 0 aliphatic carbocycles. The predicted octanol–water partition coefficient (Wildman–Crippen LogP) is 6.81. The van der Waals surface area contributed by atoms with Crippen LogP contribution in [0.15, 0.2) is 60.7 Å². The van der Waals surface area contributed by atoms with Gasteiger partial charge in [-0.05, 0) is 61.4 Å². The standard InChI is InChI=1S/C26H24F4O5/c1-16-13-18(14-25(31)32)7-9-21(16)33-12-11-17(2)34-23-10-8-19(26(28,29)30)15-24(23)35-22-6-4-3-5-20(22)27/h3-10,13,15,17H,11-12,14H2,1-2H3,(H,31,32)/t17-/m0/s1. The molecule has 1 atom stereocenters. The van der Waals surface area contributed by atoms with Gasteiger partial charge in [-0.3, -0.25) is 4.79 Å². The molecule has 0 saturated heterocycles. The van der Waals surface area contributed by atoms with Gasteiger partial charge in [-0.1, -0.05) is 24.3 Å². The summed E-state index contributed by atoms with van der Waals surface area (Å²) in [6, 6.07) is 13.3. The first-order chi connectivity index (χ1) is 16.5. The summed E-state index contributed by atoms with van der Waals surface area (Å²) in [4.78, 5) is 10.8. The van der Waals surface area contributed by atoms with Crippen LogP contribution in [0.5, 0.6) is 23.0 Å². The maximum atomic E-state index is 14.0. The lowest BCUT2D eigenvalue weighted by Crippen LogP contribution is -2.17. The number of alkyl halides is 3. The van der Waals surface area contributed by atoms with Crippen LogP contribution in [-0.2, 0) is 17.4 Å². The Morgan fingerprint density at radius 1 is 0.971 bits per heavy atom. The predicted molar refractivity (Wildman–Crippen MR) is 121 cm³/mol. The first-order valence-electron chi connectivity index (χ1n) is 10.8. The van der Waals surface area contributed by atoms with Crippen molar-refractivity contribution in [3.63, 3.8) is 0 Å². The first-order valence-corrected chi connectivity index (χ1v) is 10.8. The average molecular weight is 492 g/mol. The SMILES string of the molecule is Cc1cc(CC(=O)O)ccc1OCC[C@H](C)Oc1ccc(C(F)(F)F)cc1Oc1ccccc1F. The van der Waals surface area contributed by atoms with E-state index < -0.39 is 29.6 Å². The van der Waals surface area contributed by atoms with E-state index in [1.807, 2.05) is 0 Å². The number of hydrogen-bond acceptors (Lipinski definition) is 4. The summed E-state index contributed by atoms with van der Waals surface area (Å²) in [5.41, 5.74) is 0.485. The largest absolute Gasteiger partial charge is 0.493 e. The average Bonchev–Trinajstić information content (AvgIpc) is 2.77. The molecule has 35 heavy (non-hydrogen) atoms. The van der Waals surface area contributed by atoms with Gasteiger partial charge in [-0.25, -0.2) is 4.39 Å². The van der Waals surface area contributed by atoms with Crippen molar-refractivity contribution in [3.8, 4) is 23.0 Å². The summed E-state index contributed by atoms with van der Waals surface area (Å²) >= 11 is 0. The van der Waals surface area contributed by atoms with E-state index in [9.17, 15) is 22.4 Å². The zero-order valence-corrected chi connectivity index (χ0v) is 19.1. The lowest BCUT2D eigenvalue weighted by atomic mass is 10.1. The third-order valence-corrected chi connectivity index (χ3v) is 5.03. The van der Waals surface area contributed by atoms with Crippen LogP contribution in [-0.4, -0.2) is 23.8 Å². The van der Waals surface area contributed by atoms with Crippen LogP contribution in [0.25, 0.3) is 0 Å². The molecule has 0 radical (unpaired) electrons. The fourth-order valence-electron chi connectivity index (χ4n) is 3.28. The van der Waals surface area contributed by atoms with E-state index in [1.54, 1.807) is 32.0 Å². The molecule has 0 bridgehead atoms.